The fourth-order valence-electron chi connectivity index (χ4n) is 2.21. The number of carbonyl (C=O) groups excluding carboxylic acids is 1. The fourth-order valence-corrected chi connectivity index (χ4v) is 4.29. The molecule has 4 rings (SSSR count). The second-order valence-electron chi connectivity index (χ2n) is 5.67. The maximum absolute atomic E-state index is 13.0. The molecule has 0 spiro atoms. The van der Waals surface area contributed by atoms with Crippen LogP contribution in [-0.4, -0.2) is 47.5 Å². The van der Waals surface area contributed by atoms with Gasteiger partial charge in [-0.1, -0.05) is 11.8 Å². The summed E-state index contributed by atoms with van der Waals surface area (Å²) in [5, 5.41) is 10.8. The van der Waals surface area contributed by atoms with Gasteiger partial charge in [0.25, 0.3) is 5.91 Å². The first-order chi connectivity index (χ1) is 14.6. The summed E-state index contributed by atoms with van der Waals surface area (Å²) in [5.74, 6) is -0.406. The molecule has 0 aliphatic heterocycles. The Morgan fingerprint density at radius 2 is 2.07 bits per heavy atom. The van der Waals surface area contributed by atoms with Crippen molar-refractivity contribution >= 4 is 46.1 Å². The van der Waals surface area contributed by atoms with Crippen LogP contribution < -0.4 is 10.1 Å². The van der Waals surface area contributed by atoms with Crippen molar-refractivity contribution in [2.24, 2.45) is 0 Å². The average molecular weight is 459 g/mol. The van der Waals surface area contributed by atoms with E-state index in [-0.39, 0.29) is 11.7 Å². The van der Waals surface area contributed by atoms with Crippen LogP contribution in [0.1, 0.15) is 16.2 Å². The van der Waals surface area contributed by atoms with Crippen LogP contribution in [0.15, 0.2) is 56.8 Å². The Bertz CT molecular complexity index is 1150. The van der Waals surface area contributed by atoms with E-state index in [0.717, 1.165) is 22.1 Å². The predicted octanol–water partition coefficient (Wildman–Crippen LogP) is 3.32. The zero-order chi connectivity index (χ0) is 20.9. The number of rotatable bonds is 7. The molecule has 4 aromatic rings. The lowest BCUT2D eigenvalue weighted by Crippen LogP contribution is -2.15. The average Bonchev–Trinajstić information content (AvgIpc) is 3.42. The Balaban J connectivity index is 1.63. The van der Waals surface area contributed by atoms with Gasteiger partial charge in [0.15, 0.2) is 5.16 Å². The number of amides is 1. The molecule has 0 atom stereocenters. The largest absolute Gasteiger partial charge is 0.466 e. The van der Waals surface area contributed by atoms with Crippen molar-refractivity contribution < 1.29 is 9.53 Å². The molecule has 0 radical (unpaired) electrons. The molecule has 152 valence electrons. The number of pyridine rings is 2. The zero-order valence-electron chi connectivity index (χ0n) is 15.7. The monoisotopic (exact) mass is 458 g/mol. The van der Waals surface area contributed by atoms with Crippen molar-refractivity contribution in [3.05, 3.63) is 48.2 Å². The highest BCUT2D eigenvalue weighted by Gasteiger charge is 2.19. The molecule has 0 unspecified atom stereocenters. The molecule has 0 aliphatic rings. The van der Waals surface area contributed by atoms with Gasteiger partial charge < -0.3 is 4.74 Å². The van der Waals surface area contributed by atoms with Crippen LogP contribution in [0.5, 0.6) is 6.01 Å². The van der Waals surface area contributed by atoms with Crippen molar-refractivity contribution in [2.75, 3.05) is 12.4 Å². The minimum Gasteiger partial charge on any atom is -0.466 e. The van der Waals surface area contributed by atoms with Crippen molar-refractivity contribution in [3.8, 4) is 6.01 Å². The van der Waals surface area contributed by atoms with Gasteiger partial charge in [0.05, 0.1) is 7.11 Å². The predicted molar refractivity (Wildman–Crippen MR) is 112 cm³/mol. The molecule has 4 heterocycles. The van der Waals surface area contributed by atoms with E-state index in [2.05, 4.69) is 39.8 Å². The normalized spacial score (nSPS) is 10.7. The third-order valence-electron chi connectivity index (χ3n) is 3.56. The molecule has 4 aromatic heterocycles. The van der Waals surface area contributed by atoms with Crippen molar-refractivity contribution in [1.82, 2.24) is 34.5 Å². The van der Waals surface area contributed by atoms with Gasteiger partial charge in [-0.15, -0.1) is 4.37 Å². The molecule has 0 saturated carbocycles. The van der Waals surface area contributed by atoms with Crippen LogP contribution in [0.3, 0.4) is 0 Å². The van der Waals surface area contributed by atoms with Gasteiger partial charge in [-0.2, -0.15) is 10.1 Å². The zero-order valence-corrected chi connectivity index (χ0v) is 18.1. The summed E-state index contributed by atoms with van der Waals surface area (Å²) in [6.07, 6.45) is 3.17. The molecule has 13 heteroatoms. The molecule has 2 N–H and O–H groups in total. The van der Waals surface area contributed by atoms with Gasteiger partial charge in [-0.3, -0.25) is 20.2 Å². The third-order valence-corrected chi connectivity index (χ3v) is 6.03. The number of aryl methyl sites for hydroxylation is 1. The van der Waals surface area contributed by atoms with E-state index in [4.69, 9.17) is 4.74 Å². The van der Waals surface area contributed by atoms with E-state index in [1.165, 1.54) is 37.0 Å². The Labute approximate surface area is 183 Å². The summed E-state index contributed by atoms with van der Waals surface area (Å²) in [6.45, 7) is 1.92. The molecule has 0 aliphatic carbocycles. The van der Waals surface area contributed by atoms with Crippen molar-refractivity contribution in [2.45, 2.75) is 26.9 Å². The summed E-state index contributed by atoms with van der Waals surface area (Å²) in [4.78, 5) is 31.5. The highest BCUT2D eigenvalue weighted by molar-refractivity contribution is 7.99. The smallest absolute Gasteiger partial charge is 0.329 e. The first kappa shape index (κ1) is 20.3. The van der Waals surface area contributed by atoms with E-state index in [1.807, 2.05) is 31.2 Å². The van der Waals surface area contributed by atoms with E-state index in [0.29, 0.717) is 20.2 Å². The second-order valence-corrected chi connectivity index (χ2v) is 8.54. The van der Waals surface area contributed by atoms with Crippen LogP contribution >= 0.6 is 35.1 Å². The number of methoxy groups -OCH3 is 1. The van der Waals surface area contributed by atoms with Crippen LogP contribution in [0, 0.1) is 6.92 Å². The number of nitrogens with zero attached hydrogens (tertiary/aromatic N) is 6. The van der Waals surface area contributed by atoms with E-state index in [1.54, 1.807) is 6.20 Å². The molecule has 1 amide bonds. The Morgan fingerprint density at radius 3 is 2.77 bits per heavy atom. The molecule has 0 aromatic carbocycles. The molecule has 30 heavy (non-hydrogen) atoms. The van der Waals surface area contributed by atoms with Gasteiger partial charge in [0.2, 0.25) is 5.13 Å². The van der Waals surface area contributed by atoms with E-state index in [9.17, 15) is 4.79 Å². The number of carbonyl (C=O) groups is 1. The van der Waals surface area contributed by atoms with Crippen molar-refractivity contribution in [3.63, 3.8) is 0 Å². The lowest BCUT2D eigenvalue weighted by Gasteiger charge is -2.09. The summed E-state index contributed by atoms with van der Waals surface area (Å²) in [5.41, 5.74) is 1.17. The van der Waals surface area contributed by atoms with Gasteiger partial charge in [-0.05, 0) is 43.0 Å². The quantitative estimate of drug-likeness (QED) is 0.425. The SMILES string of the molecule is COc1nsc(NC(=O)c2nc(Sc3ncn[nH]3)ccc2Sc2ccc(C)nc2)n1. The van der Waals surface area contributed by atoms with E-state index >= 15 is 0 Å². The van der Waals surface area contributed by atoms with Crippen LogP contribution in [-0.2, 0) is 0 Å². The minimum absolute atomic E-state index is 0.193. The third kappa shape index (κ3) is 4.93. The number of H-pyrrole nitrogens is 1. The number of aromatic nitrogens is 7. The molecule has 0 fully saturated rings. The molecule has 0 saturated heterocycles. The standard InChI is InChI=1S/C17H14N8O2S3/c1-9-3-4-10(7-18-9)28-11-5-6-12(29-16-19-8-20-24-16)21-13(11)14(26)22-17-23-15(27-2)25-30-17/h3-8H,1-2H3,(H,19,20,24)(H,22,23,25,26). The number of anilines is 1. The molecular weight excluding hydrogens is 444 g/mol. The van der Waals surface area contributed by atoms with Crippen molar-refractivity contribution in [1.29, 1.82) is 0 Å². The summed E-state index contributed by atoms with van der Waals surface area (Å²) < 4.78 is 8.95. The first-order valence-electron chi connectivity index (χ1n) is 8.44. The lowest BCUT2D eigenvalue weighted by atomic mass is 10.3. The molecule has 0 bridgehead atoms. The highest BCUT2D eigenvalue weighted by atomic mass is 32.2. The van der Waals surface area contributed by atoms with Gasteiger partial charge in [0, 0.05) is 33.2 Å². The van der Waals surface area contributed by atoms with Crippen LogP contribution in [0.25, 0.3) is 0 Å². The van der Waals surface area contributed by atoms with Gasteiger partial charge in [0.1, 0.15) is 17.0 Å². The van der Waals surface area contributed by atoms with Crippen LogP contribution in [0.2, 0.25) is 0 Å². The Morgan fingerprint density at radius 1 is 1.17 bits per heavy atom. The maximum atomic E-state index is 13.0. The number of nitrogens with one attached hydrogen (secondary N) is 2. The maximum Gasteiger partial charge on any atom is 0.329 e. The lowest BCUT2D eigenvalue weighted by molar-refractivity contribution is 0.101. The summed E-state index contributed by atoms with van der Waals surface area (Å²) in [7, 11) is 1.46. The van der Waals surface area contributed by atoms with Gasteiger partial charge in [-0.25, -0.2) is 9.97 Å². The fraction of sp³-hybridized carbons (Fsp3) is 0.118. The van der Waals surface area contributed by atoms with Gasteiger partial charge >= 0.3 is 6.01 Å². The van der Waals surface area contributed by atoms with E-state index < -0.39 is 5.91 Å². The number of hydrogen-bond acceptors (Lipinski definition) is 11. The number of aromatic amines is 1. The van der Waals surface area contributed by atoms with Crippen LogP contribution in [0.4, 0.5) is 5.13 Å². The molecular formula is C17H14N8O2S3. The first-order valence-corrected chi connectivity index (χ1v) is 10.8. The molecule has 10 nitrogen and oxygen atoms in total. The number of hydrogen-bond donors (Lipinski definition) is 2. The topological polar surface area (TPSA) is 131 Å². The summed E-state index contributed by atoms with van der Waals surface area (Å²) >= 11 is 3.70. The Hall–Kier alpha value is -3.03. The minimum atomic E-state index is -0.406. The summed E-state index contributed by atoms with van der Waals surface area (Å²) in [6, 6.07) is 7.71. The number of ether oxygens (including phenoxy) is 1. The second kappa shape index (κ2) is 9.19. The Kier molecular flexibility index (Phi) is 6.21. The highest BCUT2D eigenvalue weighted by Crippen LogP contribution is 2.32.